The van der Waals surface area contributed by atoms with Crippen molar-refractivity contribution in [3.8, 4) is 11.5 Å². The maximum Gasteiger partial charge on any atom is 0.229 e. The molecule has 1 aliphatic rings. The molecule has 1 amide bonds. The molecule has 1 aromatic carbocycles. The predicted octanol–water partition coefficient (Wildman–Crippen LogP) is 4.07. The quantitative estimate of drug-likeness (QED) is 0.484. The summed E-state index contributed by atoms with van der Waals surface area (Å²) < 4.78 is 7.03. The Morgan fingerprint density at radius 1 is 1.21 bits per heavy atom. The summed E-state index contributed by atoms with van der Waals surface area (Å²) in [5, 5.41) is 4.78. The molecule has 7 nitrogen and oxygen atoms in total. The number of carbonyl (C=O) groups is 1. The van der Waals surface area contributed by atoms with Crippen LogP contribution in [0.15, 0.2) is 39.5 Å². The molecule has 29 heavy (non-hydrogen) atoms. The van der Waals surface area contributed by atoms with E-state index in [0.29, 0.717) is 23.0 Å². The molecule has 0 spiro atoms. The van der Waals surface area contributed by atoms with Gasteiger partial charge in [-0.3, -0.25) is 9.78 Å². The van der Waals surface area contributed by atoms with Crippen LogP contribution >= 0.6 is 15.9 Å². The Hall–Kier alpha value is -3.00. The van der Waals surface area contributed by atoms with Crippen LogP contribution in [0.2, 0.25) is 0 Å². The molecule has 0 radical (unpaired) electrons. The summed E-state index contributed by atoms with van der Waals surface area (Å²) in [6.07, 6.45) is 4.90. The lowest BCUT2D eigenvalue weighted by molar-refractivity contribution is -0.120. The molecule has 3 aromatic heterocycles. The van der Waals surface area contributed by atoms with Gasteiger partial charge in [-0.2, -0.15) is 0 Å². The van der Waals surface area contributed by atoms with Crippen LogP contribution < -0.4 is 11.1 Å². The van der Waals surface area contributed by atoms with Crippen molar-refractivity contribution in [3.63, 3.8) is 0 Å². The smallest absolute Gasteiger partial charge is 0.229 e. The minimum Gasteiger partial charge on any atom is -0.436 e. The van der Waals surface area contributed by atoms with Crippen molar-refractivity contribution in [2.75, 3.05) is 12.4 Å². The van der Waals surface area contributed by atoms with Crippen LogP contribution in [0, 0.1) is 6.92 Å². The Morgan fingerprint density at radius 2 is 2.00 bits per heavy atom. The van der Waals surface area contributed by atoms with Crippen molar-refractivity contribution in [3.05, 3.63) is 46.3 Å². The number of amides is 1. The van der Waals surface area contributed by atoms with Crippen molar-refractivity contribution in [1.29, 1.82) is 0 Å². The first-order valence-electron chi connectivity index (χ1n) is 9.27. The first-order valence-corrected chi connectivity index (χ1v) is 10.1. The van der Waals surface area contributed by atoms with Gasteiger partial charge in [-0.15, -0.1) is 0 Å². The van der Waals surface area contributed by atoms with Crippen LogP contribution in [-0.2, 0) is 10.2 Å². The third-order valence-corrected chi connectivity index (χ3v) is 6.47. The summed E-state index contributed by atoms with van der Waals surface area (Å²) in [7, 11) is 1.81. The number of benzene rings is 1. The van der Waals surface area contributed by atoms with Crippen LogP contribution in [0.1, 0.15) is 24.1 Å². The van der Waals surface area contributed by atoms with Crippen LogP contribution in [0.25, 0.3) is 33.3 Å². The normalized spacial score (nSPS) is 15.0. The molecular formula is C21H18BrN5O2. The molecule has 0 aliphatic heterocycles. The molecule has 3 N–H and O–H groups in total. The predicted molar refractivity (Wildman–Crippen MR) is 115 cm³/mol. The molecule has 4 aromatic rings. The number of anilines is 1. The number of fused-ring (bicyclic) bond motifs is 2. The number of nitrogens with two attached hydrogens (primary N) is 1. The summed E-state index contributed by atoms with van der Waals surface area (Å²) >= 11 is 3.54. The molecule has 0 unspecified atom stereocenters. The lowest BCUT2D eigenvalue weighted by Gasteiger charge is -2.13. The third kappa shape index (κ3) is 2.70. The number of aromatic nitrogens is 3. The number of nitrogens with one attached hydrogen (secondary N) is 1. The second-order valence-electron chi connectivity index (χ2n) is 7.42. The zero-order valence-electron chi connectivity index (χ0n) is 15.9. The highest BCUT2D eigenvalue weighted by atomic mass is 79.9. The van der Waals surface area contributed by atoms with E-state index >= 15 is 0 Å². The number of oxazole rings is 1. The molecule has 0 atom stereocenters. The van der Waals surface area contributed by atoms with E-state index in [-0.39, 0.29) is 5.91 Å². The van der Waals surface area contributed by atoms with Crippen molar-refractivity contribution in [1.82, 2.24) is 15.0 Å². The number of carbonyl (C=O) groups excluding carboxylic acids is 1. The second kappa shape index (κ2) is 6.25. The molecule has 5 rings (SSSR count). The van der Waals surface area contributed by atoms with Crippen molar-refractivity contribution in [2.24, 2.45) is 5.73 Å². The zero-order valence-corrected chi connectivity index (χ0v) is 17.5. The molecule has 1 aliphatic carbocycles. The fourth-order valence-electron chi connectivity index (χ4n) is 3.69. The van der Waals surface area contributed by atoms with Crippen LogP contribution in [0.5, 0.6) is 0 Å². The lowest BCUT2D eigenvalue weighted by atomic mass is 9.98. The molecule has 0 saturated heterocycles. The number of aryl methyl sites for hydroxylation is 1. The summed E-state index contributed by atoms with van der Waals surface area (Å²) in [5.74, 6) is 0.830. The lowest BCUT2D eigenvalue weighted by Crippen LogP contribution is -2.29. The fourth-order valence-corrected chi connectivity index (χ4v) is 4.02. The monoisotopic (exact) mass is 451 g/mol. The number of rotatable bonds is 4. The summed E-state index contributed by atoms with van der Waals surface area (Å²) in [4.78, 5) is 25.7. The maximum atomic E-state index is 12.0. The van der Waals surface area contributed by atoms with Crippen molar-refractivity contribution < 1.29 is 9.21 Å². The average molecular weight is 452 g/mol. The van der Waals surface area contributed by atoms with Gasteiger partial charge >= 0.3 is 0 Å². The molecule has 3 heterocycles. The Morgan fingerprint density at radius 3 is 2.69 bits per heavy atom. The van der Waals surface area contributed by atoms with Crippen LogP contribution in [-0.4, -0.2) is 27.9 Å². The van der Waals surface area contributed by atoms with Crippen molar-refractivity contribution in [2.45, 2.75) is 25.2 Å². The average Bonchev–Trinajstić information content (AvgIpc) is 3.43. The van der Waals surface area contributed by atoms with Gasteiger partial charge in [0.1, 0.15) is 11.3 Å². The minimum atomic E-state index is -0.669. The van der Waals surface area contributed by atoms with E-state index < -0.39 is 5.41 Å². The molecular weight excluding hydrogens is 434 g/mol. The van der Waals surface area contributed by atoms with E-state index in [9.17, 15) is 4.79 Å². The van der Waals surface area contributed by atoms with Gasteiger partial charge in [0.2, 0.25) is 11.8 Å². The topological polar surface area (TPSA) is 107 Å². The van der Waals surface area contributed by atoms with E-state index in [1.165, 1.54) is 0 Å². The van der Waals surface area contributed by atoms with E-state index in [1.54, 1.807) is 19.4 Å². The van der Waals surface area contributed by atoms with E-state index in [0.717, 1.165) is 44.7 Å². The maximum absolute atomic E-state index is 12.0. The van der Waals surface area contributed by atoms with Gasteiger partial charge < -0.3 is 15.5 Å². The van der Waals surface area contributed by atoms with E-state index in [1.807, 2.05) is 25.1 Å². The molecule has 146 valence electrons. The first kappa shape index (κ1) is 18.1. The standard InChI is InChI=1S/C21H18BrN5O2/c1-10-5-16-15(7-14(10)22)27-19(29-16)13-9-26-18(24-2)12-8-25-17(6-11(12)13)21(3-4-21)20(23)28/h5-9H,3-4H2,1-2H3,(H2,23,28)(H,24,26). The number of hydrogen-bond donors (Lipinski definition) is 2. The summed E-state index contributed by atoms with van der Waals surface area (Å²) in [6.45, 7) is 2.00. The van der Waals surface area contributed by atoms with E-state index in [2.05, 4.69) is 36.2 Å². The highest BCUT2D eigenvalue weighted by molar-refractivity contribution is 9.10. The molecule has 1 saturated carbocycles. The first-order chi connectivity index (χ1) is 13.9. The van der Waals surface area contributed by atoms with Gasteiger partial charge in [0.05, 0.1) is 16.7 Å². The Kier molecular flexibility index (Phi) is 3.89. The number of hydrogen-bond acceptors (Lipinski definition) is 6. The van der Waals surface area contributed by atoms with Crippen LogP contribution in [0.3, 0.4) is 0 Å². The Balaban J connectivity index is 1.76. The van der Waals surface area contributed by atoms with E-state index in [4.69, 9.17) is 10.2 Å². The number of pyridine rings is 2. The Bertz CT molecular complexity index is 1270. The SMILES string of the molecule is CNc1ncc(-c2nc3cc(Br)c(C)cc3o2)c2cc(C3(C(N)=O)CC3)ncc12. The third-order valence-electron chi connectivity index (χ3n) is 5.62. The Labute approximate surface area is 174 Å². The fraction of sp³-hybridized carbons (Fsp3) is 0.238. The number of nitrogens with zero attached hydrogens (tertiary/aromatic N) is 3. The molecule has 1 fully saturated rings. The number of primary amides is 1. The summed E-state index contributed by atoms with van der Waals surface area (Å²) in [6, 6.07) is 5.81. The van der Waals surface area contributed by atoms with Gasteiger partial charge in [-0.25, -0.2) is 9.97 Å². The van der Waals surface area contributed by atoms with Gasteiger partial charge in [-0.05, 0) is 43.5 Å². The van der Waals surface area contributed by atoms with Gasteiger partial charge in [-0.1, -0.05) is 15.9 Å². The van der Waals surface area contributed by atoms with Crippen LogP contribution in [0.4, 0.5) is 5.82 Å². The van der Waals surface area contributed by atoms with Gasteiger partial charge in [0.15, 0.2) is 5.58 Å². The van der Waals surface area contributed by atoms with Crippen molar-refractivity contribution >= 4 is 49.5 Å². The second-order valence-corrected chi connectivity index (χ2v) is 8.27. The molecule has 8 heteroatoms. The number of halogens is 1. The van der Waals surface area contributed by atoms with Gasteiger partial charge in [0, 0.05) is 34.7 Å². The minimum absolute atomic E-state index is 0.337. The highest BCUT2D eigenvalue weighted by Gasteiger charge is 2.51. The van der Waals surface area contributed by atoms with Gasteiger partial charge in [0.25, 0.3) is 0 Å². The summed E-state index contributed by atoms with van der Waals surface area (Å²) in [5.41, 5.74) is 8.94. The largest absolute Gasteiger partial charge is 0.436 e. The highest BCUT2D eigenvalue weighted by Crippen LogP contribution is 2.48. The zero-order chi connectivity index (χ0) is 20.3. The molecule has 0 bridgehead atoms.